The normalized spacial score (nSPS) is 25.6. The summed E-state index contributed by atoms with van der Waals surface area (Å²) in [6.07, 6.45) is 3.91. The predicted molar refractivity (Wildman–Crippen MR) is 153 cm³/mol. The number of aromatic nitrogens is 2. The van der Waals surface area contributed by atoms with Crippen molar-refractivity contribution in [1.82, 2.24) is 20.0 Å². The third kappa shape index (κ3) is 6.45. The van der Waals surface area contributed by atoms with Crippen LogP contribution in [0, 0.1) is 11.8 Å². The number of ether oxygens (including phenoxy) is 3. The minimum atomic E-state index is -2.74. The van der Waals surface area contributed by atoms with Gasteiger partial charge in [0.2, 0.25) is 0 Å². The number of nitrogens with zero attached hydrogens (tertiary/aromatic N) is 3. The number of esters is 1. The maximum absolute atomic E-state index is 16.7. The molecule has 1 aromatic carbocycles. The van der Waals surface area contributed by atoms with Crippen molar-refractivity contribution < 1.29 is 37.4 Å². The van der Waals surface area contributed by atoms with E-state index in [0.29, 0.717) is 29.4 Å². The van der Waals surface area contributed by atoms with E-state index in [4.69, 9.17) is 25.8 Å². The summed E-state index contributed by atoms with van der Waals surface area (Å²) in [4.78, 5) is 39.4. The van der Waals surface area contributed by atoms with Crippen LogP contribution >= 0.6 is 11.6 Å². The van der Waals surface area contributed by atoms with E-state index in [1.165, 1.54) is 19.2 Å². The first-order chi connectivity index (χ1) is 20.3. The molecule has 1 aliphatic carbocycles. The molecule has 10 nitrogen and oxygen atoms in total. The Morgan fingerprint density at radius 2 is 1.93 bits per heavy atom. The zero-order valence-electron chi connectivity index (χ0n) is 24.2. The Balaban J connectivity index is 1.39. The lowest BCUT2D eigenvalue weighted by Crippen LogP contribution is -2.52. The van der Waals surface area contributed by atoms with Gasteiger partial charge in [-0.15, -0.1) is 0 Å². The number of allylic oxidation sites excluding steroid dienone is 2. The number of amides is 1. The maximum atomic E-state index is 16.7. The number of rotatable bonds is 7. The molecule has 1 aromatic heterocycles. The number of alkyl halides is 1. The van der Waals surface area contributed by atoms with Crippen molar-refractivity contribution in [3.63, 3.8) is 0 Å². The van der Waals surface area contributed by atoms with Crippen LogP contribution < -0.4 is 10.1 Å². The molecule has 3 heterocycles. The average molecular weight is 619 g/mol. The van der Waals surface area contributed by atoms with E-state index < -0.39 is 53.0 Å². The van der Waals surface area contributed by atoms with Crippen LogP contribution in [0.25, 0.3) is 11.3 Å². The van der Waals surface area contributed by atoms with E-state index in [9.17, 15) is 18.8 Å². The zero-order valence-corrected chi connectivity index (χ0v) is 24.9. The maximum Gasteiger partial charge on any atom is 0.410 e. The highest BCUT2D eigenvalue weighted by Crippen LogP contribution is 2.42. The number of carbonyl (C=O) groups excluding carboxylic acids is 3. The Hall–Kier alpha value is -3.77. The smallest absolute Gasteiger partial charge is 0.410 e. The number of nitrogens with one attached hydrogen (secondary N) is 1. The molecule has 43 heavy (non-hydrogen) atoms. The second kappa shape index (κ2) is 11.7. The molecule has 0 spiro atoms. The largest absolute Gasteiger partial charge is 0.468 e. The molecule has 5 rings (SSSR count). The van der Waals surface area contributed by atoms with Crippen molar-refractivity contribution in [2.45, 2.75) is 50.7 Å². The summed E-state index contributed by atoms with van der Waals surface area (Å²) in [5.41, 5.74) is 0.303. The first-order valence-electron chi connectivity index (χ1n) is 13.9. The first-order valence-corrected chi connectivity index (χ1v) is 14.3. The molecule has 0 radical (unpaired) electrons. The van der Waals surface area contributed by atoms with E-state index in [1.54, 1.807) is 48.7 Å². The number of hydrogen-bond donors (Lipinski definition) is 1. The van der Waals surface area contributed by atoms with Gasteiger partial charge in [-0.05, 0) is 69.7 Å². The summed E-state index contributed by atoms with van der Waals surface area (Å²) in [5.74, 6) is -7.01. The lowest BCUT2D eigenvalue weighted by molar-refractivity contribution is -0.142. The number of carbonyl (C=O) groups is 3. The lowest BCUT2D eigenvalue weighted by Gasteiger charge is -2.40. The van der Waals surface area contributed by atoms with Crippen molar-refractivity contribution in [3.8, 4) is 17.0 Å². The number of likely N-dealkylation sites (tertiary alicyclic amines) is 1. The molecule has 1 N–H and O–H groups in total. The Labute approximate surface area is 252 Å². The third-order valence-corrected chi connectivity index (χ3v) is 7.79. The number of halogens is 3. The SMILES string of the molecule is COC(=O)C1CC(C(=O)C2C=C(F)C=CC2(F)Oc2ccc(Cl)cc2-c2ccnn2C2CN(C(=O)OC(C)(C)C)C2)CN1. The molecule has 2 aliphatic heterocycles. The Kier molecular flexibility index (Phi) is 8.36. The van der Waals surface area contributed by atoms with Crippen molar-refractivity contribution in [2.24, 2.45) is 11.8 Å². The van der Waals surface area contributed by atoms with Crippen LogP contribution in [-0.2, 0) is 19.1 Å². The van der Waals surface area contributed by atoms with E-state index in [2.05, 4.69) is 10.4 Å². The van der Waals surface area contributed by atoms with Gasteiger partial charge in [-0.25, -0.2) is 9.18 Å². The molecule has 4 unspecified atom stereocenters. The van der Waals surface area contributed by atoms with Gasteiger partial charge in [0, 0.05) is 42.3 Å². The molecule has 1 amide bonds. The van der Waals surface area contributed by atoms with Gasteiger partial charge in [-0.3, -0.25) is 14.3 Å². The van der Waals surface area contributed by atoms with Crippen molar-refractivity contribution in [1.29, 1.82) is 0 Å². The van der Waals surface area contributed by atoms with Crippen LogP contribution in [0.2, 0.25) is 5.02 Å². The van der Waals surface area contributed by atoms with E-state index in [-0.39, 0.29) is 24.8 Å². The summed E-state index contributed by atoms with van der Waals surface area (Å²) in [7, 11) is 1.24. The quantitative estimate of drug-likeness (QED) is 0.441. The molecular weight excluding hydrogens is 586 g/mol. The molecule has 0 bridgehead atoms. The van der Waals surface area contributed by atoms with Gasteiger partial charge in [0.25, 0.3) is 5.85 Å². The van der Waals surface area contributed by atoms with Crippen LogP contribution in [-0.4, -0.2) is 76.8 Å². The summed E-state index contributed by atoms with van der Waals surface area (Å²) in [6.45, 7) is 6.17. The van der Waals surface area contributed by atoms with Crippen molar-refractivity contribution >= 4 is 29.4 Å². The minimum Gasteiger partial charge on any atom is -0.468 e. The fourth-order valence-corrected chi connectivity index (χ4v) is 5.56. The van der Waals surface area contributed by atoms with Gasteiger partial charge in [0.05, 0.1) is 18.8 Å². The second-order valence-corrected chi connectivity index (χ2v) is 12.3. The molecule has 2 fully saturated rings. The molecule has 0 saturated carbocycles. The Bertz CT molecular complexity index is 1480. The van der Waals surface area contributed by atoms with Crippen LogP contribution in [0.1, 0.15) is 33.2 Å². The molecule has 2 saturated heterocycles. The third-order valence-electron chi connectivity index (χ3n) is 7.56. The molecule has 3 aliphatic rings. The first kappa shape index (κ1) is 30.7. The Morgan fingerprint density at radius 1 is 1.19 bits per heavy atom. The lowest BCUT2D eigenvalue weighted by atomic mass is 9.83. The van der Waals surface area contributed by atoms with Crippen molar-refractivity contribution in [3.05, 3.63) is 59.5 Å². The summed E-state index contributed by atoms with van der Waals surface area (Å²) in [5, 5.41) is 7.67. The van der Waals surface area contributed by atoms with Gasteiger partial charge >= 0.3 is 12.1 Å². The molecular formula is C30H33ClF2N4O6. The molecule has 2 aromatic rings. The number of methoxy groups -OCH3 is 1. The van der Waals surface area contributed by atoms with Gasteiger partial charge in [-0.2, -0.15) is 9.49 Å². The monoisotopic (exact) mass is 618 g/mol. The number of benzene rings is 1. The van der Waals surface area contributed by atoms with Gasteiger partial charge in [0.15, 0.2) is 5.78 Å². The topological polar surface area (TPSA) is 112 Å². The highest BCUT2D eigenvalue weighted by molar-refractivity contribution is 6.31. The zero-order chi connectivity index (χ0) is 31.1. The summed E-state index contributed by atoms with van der Waals surface area (Å²) < 4.78 is 48.9. The van der Waals surface area contributed by atoms with E-state index in [0.717, 1.165) is 18.2 Å². The highest BCUT2D eigenvalue weighted by Gasteiger charge is 2.49. The fourth-order valence-electron chi connectivity index (χ4n) is 5.39. The average Bonchev–Trinajstić information content (AvgIpc) is 3.59. The van der Waals surface area contributed by atoms with Crippen LogP contribution in [0.5, 0.6) is 5.75 Å². The summed E-state index contributed by atoms with van der Waals surface area (Å²) in [6, 6.07) is 5.36. The van der Waals surface area contributed by atoms with Crippen LogP contribution in [0.15, 0.2) is 54.5 Å². The Morgan fingerprint density at radius 3 is 2.63 bits per heavy atom. The van der Waals surface area contributed by atoms with E-state index in [1.807, 2.05) is 0 Å². The number of Topliss-reactive ketones (excluding diaryl/α,β-unsaturated/α-hetero) is 1. The van der Waals surface area contributed by atoms with Gasteiger partial charge < -0.3 is 24.4 Å². The number of ketones is 1. The fraction of sp³-hybridized carbons (Fsp3) is 0.467. The van der Waals surface area contributed by atoms with Crippen LogP contribution in [0.3, 0.4) is 0 Å². The minimum absolute atomic E-state index is 0.0483. The number of hydrogen-bond acceptors (Lipinski definition) is 8. The van der Waals surface area contributed by atoms with Gasteiger partial charge in [-0.1, -0.05) is 11.6 Å². The van der Waals surface area contributed by atoms with Crippen molar-refractivity contribution in [2.75, 3.05) is 26.7 Å². The predicted octanol–water partition coefficient (Wildman–Crippen LogP) is 4.80. The summed E-state index contributed by atoms with van der Waals surface area (Å²) >= 11 is 6.33. The van der Waals surface area contributed by atoms with Crippen LogP contribution in [0.4, 0.5) is 13.6 Å². The highest BCUT2D eigenvalue weighted by atomic mass is 35.5. The van der Waals surface area contributed by atoms with Gasteiger partial charge in [0.1, 0.15) is 29.1 Å². The molecule has 13 heteroatoms. The second-order valence-electron chi connectivity index (χ2n) is 11.8. The molecule has 230 valence electrons. The van der Waals surface area contributed by atoms with E-state index >= 15 is 4.39 Å². The molecule has 4 atom stereocenters. The standard InChI is InChI=1S/C30H33ClF2N4O6/c1-29(2,3)43-28(40)36-15-20(16-36)37-24(8-10-35-37)21-12-18(31)5-6-25(21)42-30(33)9-7-19(32)13-22(30)26(38)17-11-23(34-14-17)27(39)41-4/h5-10,12-13,17,20,22-23,34H,11,14-16H2,1-4H3.